The second-order valence-electron chi connectivity index (χ2n) is 5.25. The second-order valence-corrected chi connectivity index (χ2v) is 5.66. The summed E-state index contributed by atoms with van der Waals surface area (Å²) in [7, 11) is 0. The van der Waals surface area contributed by atoms with Gasteiger partial charge in [0.1, 0.15) is 17.1 Å². The lowest BCUT2D eigenvalue weighted by Gasteiger charge is -2.17. The van der Waals surface area contributed by atoms with Crippen LogP contribution in [0, 0.1) is 11.7 Å². The fourth-order valence-electron chi connectivity index (χ4n) is 2.19. The van der Waals surface area contributed by atoms with E-state index in [1.165, 1.54) is 12.1 Å². The number of carbonyl (C=O) groups excluding carboxylic acids is 1. The molecule has 0 amide bonds. The van der Waals surface area contributed by atoms with E-state index in [9.17, 15) is 9.18 Å². The molecule has 0 aliphatic heterocycles. The van der Waals surface area contributed by atoms with Crippen molar-refractivity contribution in [3.05, 3.63) is 28.5 Å². The van der Waals surface area contributed by atoms with E-state index in [1.54, 1.807) is 6.08 Å². The number of hydrogen-bond acceptors (Lipinski definition) is 3. The van der Waals surface area contributed by atoms with Gasteiger partial charge >= 0.3 is 0 Å². The Morgan fingerprint density at radius 1 is 1.47 bits per heavy atom. The molecule has 0 radical (unpaired) electrons. The Hall–Kier alpha value is -1.38. The SMILES string of the molecule is O=C=NC1(c2cc(F)cc(Cl)c2OCC2CC2)CC1. The van der Waals surface area contributed by atoms with Gasteiger partial charge in [0.25, 0.3) is 0 Å². The van der Waals surface area contributed by atoms with E-state index in [2.05, 4.69) is 4.99 Å². The minimum atomic E-state index is -0.674. The normalized spacial score (nSPS) is 19.7. The third-order valence-electron chi connectivity index (χ3n) is 3.65. The summed E-state index contributed by atoms with van der Waals surface area (Å²) in [6.07, 6.45) is 5.28. The zero-order chi connectivity index (χ0) is 13.5. The lowest BCUT2D eigenvalue weighted by molar-refractivity contribution is 0.294. The summed E-state index contributed by atoms with van der Waals surface area (Å²) in [5, 5.41) is 0.239. The van der Waals surface area contributed by atoms with E-state index >= 15 is 0 Å². The van der Waals surface area contributed by atoms with Gasteiger partial charge in [-0.25, -0.2) is 9.18 Å². The molecule has 2 aliphatic carbocycles. The largest absolute Gasteiger partial charge is 0.491 e. The molecule has 2 fully saturated rings. The van der Waals surface area contributed by atoms with Crippen LogP contribution in [0.3, 0.4) is 0 Å². The van der Waals surface area contributed by atoms with Gasteiger partial charge in [-0.2, -0.15) is 4.99 Å². The average molecular weight is 282 g/mol. The Morgan fingerprint density at radius 3 is 2.79 bits per heavy atom. The van der Waals surface area contributed by atoms with Crippen LogP contribution >= 0.6 is 11.6 Å². The van der Waals surface area contributed by atoms with Gasteiger partial charge in [-0.1, -0.05) is 11.6 Å². The van der Waals surface area contributed by atoms with E-state index in [-0.39, 0.29) is 5.02 Å². The molecule has 1 aromatic rings. The number of benzene rings is 1. The monoisotopic (exact) mass is 281 g/mol. The van der Waals surface area contributed by atoms with Gasteiger partial charge in [0.15, 0.2) is 0 Å². The highest BCUT2D eigenvalue weighted by molar-refractivity contribution is 6.32. The molecule has 0 spiro atoms. The number of rotatable bonds is 5. The molecule has 3 rings (SSSR count). The summed E-state index contributed by atoms with van der Waals surface area (Å²) < 4.78 is 19.3. The van der Waals surface area contributed by atoms with E-state index in [4.69, 9.17) is 16.3 Å². The minimum absolute atomic E-state index is 0.239. The van der Waals surface area contributed by atoms with Gasteiger partial charge in [0.2, 0.25) is 6.08 Å². The standard InChI is InChI=1S/C14H13ClFNO2/c15-12-6-10(16)5-11(14(3-4-14)17-8-18)13(12)19-7-9-1-2-9/h5-6,9H,1-4,7H2. The lowest BCUT2D eigenvalue weighted by Crippen LogP contribution is -2.09. The van der Waals surface area contributed by atoms with Gasteiger partial charge in [-0.3, -0.25) is 0 Å². The van der Waals surface area contributed by atoms with Gasteiger partial charge in [0.05, 0.1) is 11.6 Å². The maximum absolute atomic E-state index is 13.5. The first-order chi connectivity index (χ1) is 9.14. The highest BCUT2D eigenvalue weighted by atomic mass is 35.5. The Balaban J connectivity index is 1.97. The third-order valence-corrected chi connectivity index (χ3v) is 3.93. The van der Waals surface area contributed by atoms with Gasteiger partial charge in [-0.15, -0.1) is 0 Å². The molecule has 3 nitrogen and oxygen atoms in total. The topological polar surface area (TPSA) is 38.7 Å². The molecule has 0 unspecified atom stereocenters. The van der Waals surface area contributed by atoms with Crippen LogP contribution in [0.1, 0.15) is 31.2 Å². The lowest BCUT2D eigenvalue weighted by atomic mass is 10.0. The zero-order valence-electron chi connectivity index (χ0n) is 10.3. The third kappa shape index (κ3) is 2.51. The van der Waals surface area contributed by atoms with Crippen LogP contribution in [0.4, 0.5) is 4.39 Å². The number of nitrogens with zero attached hydrogens (tertiary/aromatic N) is 1. The Labute approximate surface area is 115 Å². The summed E-state index contributed by atoms with van der Waals surface area (Å²) >= 11 is 6.07. The van der Waals surface area contributed by atoms with E-state index in [0.29, 0.717) is 36.7 Å². The first kappa shape index (κ1) is 12.6. The molecular weight excluding hydrogens is 269 g/mol. The van der Waals surface area contributed by atoms with Crippen LogP contribution < -0.4 is 4.74 Å². The molecule has 2 saturated carbocycles. The van der Waals surface area contributed by atoms with Crippen molar-refractivity contribution >= 4 is 17.7 Å². The number of hydrogen-bond donors (Lipinski definition) is 0. The Kier molecular flexibility index (Phi) is 3.08. The summed E-state index contributed by atoms with van der Waals surface area (Å²) in [5.74, 6) is 0.594. The molecule has 2 aliphatic rings. The summed E-state index contributed by atoms with van der Waals surface area (Å²) in [4.78, 5) is 14.3. The number of isocyanates is 1. The zero-order valence-corrected chi connectivity index (χ0v) is 11.0. The van der Waals surface area contributed by atoms with Gasteiger partial charge < -0.3 is 4.74 Å². The smallest absolute Gasteiger partial charge is 0.235 e. The molecular formula is C14H13ClFNO2. The van der Waals surface area contributed by atoms with Crippen LogP contribution in [0.15, 0.2) is 17.1 Å². The van der Waals surface area contributed by atoms with E-state index in [0.717, 1.165) is 12.8 Å². The fraction of sp³-hybridized carbons (Fsp3) is 0.500. The molecule has 0 bridgehead atoms. The van der Waals surface area contributed by atoms with Crippen molar-refractivity contribution in [3.63, 3.8) is 0 Å². The number of ether oxygens (including phenoxy) is 1. The average Bonchev–Trinajstić information content (AvgIpc) is 3.23. The van der Waals surface area contributed by atoms with E-state index < -0.39 is 11.4 Å². The molecule has 0 atom stereocenters. The molecule has 1 aromatic carbocycles. The van der Waals surface area contributed by atoms with Crippen molar-refractivity contribution in [2.75, 3.05) is 6.61 Å². The van der Waals surface area contributed by atoms with Crippen molar-refractivity contribution in [1.29, 1.82) is 0 Å². The number of halogens is 2. The summed E-state index contributed by atoms with van der Waals surface area (Å²) in [5.41, 5.74) is -0.103. The van der Waals surface area contributed by atoms with Crippen molar-refractivity contribution in [2.24, 2.45) is 10.9 Å². The maximum atomic E-state index is 13.5. The Morgan fingerprint density at radius 2 is 2.21 bits per heavy atom. The molecule has 0 heterocycles. The fourth-order valence-corrected chi connectivity index (χ4v) is 2.45. The van der Waals surface area contributed by atoms with Crippen molar-refractivity contribution in [3.8, 4) is 5.75 Å². The molecule has 100 valence electrons. The van der Waals surface area contributed by atoms with Gasteiger partial charge in [0, 0.05) is 5.56 Å². The molecule has 0 saturated heterocycles. The molecule has 0 aromatic heterocycles. The van der Waals surface area contributed by atoms with Crippen LogP contribution in [0.2, 0.25) is 5.02 Å². The predicted octanol–water partition coefficient (Wildman–Crippen LogP) is 3.59. The molecule has 5 heteroatoms. The quantitative estimate of drug-likeness (QED) is 0.611. The molecule has 0 N–H and O–H groups in total. The summed E-state index contributed by atoms with van der Waals surface area (Å²) in [6.45, 7) is 0.583. The highest BCUT2D eigenvalue weighted by Crippen LogP contribution is 2.54. The first-order valence-corrected chi connectivity index (χ1v) is 6.74. The van der Waals surface area contributed by atoms with Crippen LogP contribution in [0.5, 0.6) is 5.75 Å². The van der Waals surface area contributed by atoms with Gasteiger partial charge in [-0.05, 0) is 43.7 Å². The Bertz CT molecular complexity index is 561. The van der Waals surface area contributed by atoms with Crippen molar-refractivity contribution in [1.82, 2.24) is 0 Å². The highest BCUT2D eigenvalue weighted by Gasteiger charge is 2.47. The molecule has 19 heavy (non-hydrogen) atoms. The van der Waals surface area contributed by atoms with Crippen LogP contribution in [0.25, 0.3) is 0 Å². The first-order valence-electron chi connectivity index (χ1n) is 6.36. The van der Waals surface area contributed by atoms with Crippen LogP contribution in [-0.2, 0) is 10.3 Å². The summed E-state index contributed by atoms with van der Waals surface area (Å²) in [6, 6.07) is 2.59. The number of aliphatic imine (C=N–C) groups is 1. The predicted molar refractivity (Wildman–Crippen MR) is 68.7 cm³/mol. The van der Waals surface area contributed by atoms with E-state index in [1.807, 2.05) is 0 Å². The van der Waals surface area contributed by atoms with Crippen molar-refractivity contribution in [2.45, 2.75) is 31.2 Å². The maximum Gasteiger partial charge on any atom is 0.235 e. The minimum Gasteiger partial charge on any atom is -0.491 e. The second kappa shape index (κ2) is 4.62. The van der Waals surface area contributed by atoms with Crippen LogP contribution in [-0.4, -0.2) is 12.7 Å². The van der Waals surface area contributed by atoms with Crippen molar-refractivity contribution < 1.29 is 13.9 Å².